The second-order valence-corrected chi connectivity index (χ2v) is 6.35. The molecule has 0 bridgehead atoms. The number of nitrogens with zero attached hydrogens (tertiary/aromatic N) is 1. The summed E-state index contributed by atoms with van der Waals surface area (Å²) in [6.07, 6.45) is -4.78. The van der Waals surface area contributed by atoms with Gasteiger partial charge in [-0.3, -0.25) is 4.90 Å². The molecular weight excluding hydrogens is 339 g/mol. The number of hydrogen-bond acceptors (Lipinski definition) is 2. The highest BCUT2D eigenvalue weighted by Gasteiger charge is 2.42. The van der Waals surface area contributed by atoms with Crippen LogP contribution in [0.1, 0.15) is 24.2 Å². The largest absolute Gasteiger partial charge is 0.484 e. The summed E-state index contributed by atoms with van der Waals surface area (Å²) in [5, 5.41) is 0.577. The van der Waals surface area contributed by atoms with Gasteiger partial charge in [-0.25, -0.2) is 0 Å². The Hall–Kier alpha value is -1.72. The molecule has 0 amide bonds. The first-order valence-electron chi connectivity index (χ1n) is 7.65. The topological polar surface area (TPSA) is 12.5 Å². The van der Waals surface area contributed by atoms with E-state index in [1.54, 1.807) is 42.5 Å². The third-order valence-corrected chi connectivity index (χ3v) is 4.53. The van der Waals surface area contributed by atoms with Crippen LogP contribution < -0.4 is 4.74 Å². The lowest BCUT2D eigenvalue weighted by Crippen LogP contribution is -2.44. The van der Waals surface area contributed by atoms with Crippen molar-refractivity contribution in [3.05, 3.63) is 64.7 Å². The normalized spacial score (nSPS) is 20.0. The molecule has 2 aromatic carbocycles. The van der Waals surface area contributed by atoms with E-state index in [1.165, 1.54) is 11.8 Å². The lowest BCUT2D eigenvalue weighted by atomic mass is 10.1. The average Bonchev–Trinajstić information content (AvgIpc) is 2.73. The van der Waals surface area contributed by atoms with Gasteiger partial charge in [0.2, 0.25) is 0 Å². The molecular formula is C18H17ClF3NO. The molecule has 0 saturated heterocycles. The van der Waals surface area contributed by atoms with Gasteiger partial charge in [0.15, 0.2) is 0 Å². The zero-order valence-corrected chi connectivity index (χ0v) is 13.8. The fourth-order valence-corrected chi connectivity index (χ4v) is 2.92. The van der Waals surface area contributed by atoms with Gasteiger partial charge in [0.05, 0.1) is 0 Å². The number of alkyl halides is 3. The molecule has 128 valence electrons. The molecule has 2 nitrogen and oxygen atoms in total. The first-order valence-corrected chi connectivity index (χ1v) is 8.03. The Morgan fingerprint density at radius 3 is 2.46 bits per heavy atom. The molecule has 6 heteroatoms. The van der Waals surface area contributed by atoms with E-state index in [2.05, 4.69) is 0 Å². The third-order valence-electron chi connectivity index (χ3n) is 4.28. The highest BCUT2D eigenvalue weighted by molar-refractivity contribution is 6.30. The number of para-hydroxylation sites is 1. The van der Waals surface area contributed by atoms with Crippen LogP contribution in [0.2, 0.25) is 5.02 Å². The monoisotopic (exact) mass is 355 g/mol. The SMILES string of the molecule is CC(N1Cc2ccccc2OC(c2ccc(Cl)cc2)C1)C(F)(F)F. The molecule has 0 fully saturated rings. The maximum atomic E-state index is 13.2. The molecule has 24 heavy (non-hydrogen) atoms. The summed E-state index contributed by atoms with van der Waals surface area (Å²) in [6, 6.07) is 12.7. The molecule has 0 saturated carbocycles. The Balaban J connectivity index is 1.96. The molecule has 1 aliphatic rings. The van der Waals surface area contributed by atoms with E-state index in [0.717, 1.165) is 11.1 Å². The fraction of sp³-hybridized carbons (Fsp3) is 0.333. The van der Waals surface area contributed by atoms with E-state index >= 15 is 0 Å². The minimum absolute atomic E-state index is 0.150. The predicted molar refractivity (Wildman–Crippen MR) is 87.2 cm³/mol. The van der Waals surface area contributed by atoms with Crippen LogP contribution >= 0.6 is 11.6 Å². The molecule has 0 N–H and O–H groups in total. The Morgan fingerprint density at radius 2 is 1.79 bits per heavy atom. The number of benzene rings is 2. The van der Waals surface area contributed by atoms with Gasteiger partial charge in [-0.2, -0.15) is 13.2 Å². The van der Waals surface area contributed by atoms with Crippen LogP contribution in [0.5, 0.6) is 5.75 Å². The second-order valence-electron chi connectivity index (χ2n) is 5.91. The van der Waals surface area contributed by atoms with Gasteiger partial charge < -0.3 is 4.74 Å². The zero-order chi connectivity index (χ0) is 17.3. The minimum atomic E-state index is -4.29. The number of hydrogen-bond donors (Lipinski definition) is 0. The number of halogens is 4. The van der Waals surface area contributed by atoms with Crippen LogP contribution in [0.4, 0.5) is 13.2 Å². The highest BCUT2D eigenvalue weighted by Crippen LogP contribution is 2.35. The molecule has 2 aromatic rings. The van der Waals surface area contributed by atoms with Crippen molar-refractivity contribution >= 4 is 11.6 Å². The van der Waals surface area contributed by atoms with Crippen molar-refractivity contribution in [2.75, 3.05) is 6.54 Å². The van der Waals surface area contributed by atoms with E-state index in [1.807, 2.05) is 6.07 Å². The summed E-state index contributed by atoms with van der Waals surface area (Å²) in [5.41, 5.74) is 1.56. The van der Waals surface area contributed by atoms with E-state index in [-0.39, 0.29) is 13.1 Å². The minimum Gasteiger partial charge on any atom is -0.484 e. The lowest BCUT2D eigenvalue weighted by Gasteiger charge is -2.31. The van der Waals surface area contributed by atoms with Gasteiger partial charge in [-0.05, 0) is 30.7 Å². The van der Waals surface area contributed by atoms with Crippen LogP contribution in [-0.4, -0.2) is 23.7 Å². The molecule has 1 heterocycles. The fourth-order valence-electron chi connectivity index (χ4n) is 2.79. The maximum Gasteiger partial charge on any atom is 0.403 e. The van der Waals surface area contributed by atoms with Crippen LogP contribution in [0.25, 0.3) is 0 Å². The van der Waals surface area contributed by atoms with Gasteiger partial charge in [0.25, 0.3) is 0 Å². The van der Waals surface area contributed by atoms with Gasteiger partial charge in [0.1, 0.15) is 17.9 Å². The average molecular weight is 356 g/mol. The first kappa shape index (κ1) is 17.1. The van der Waals surface area contributed by atoms with Crippen molar-refractivity contribution < 1.29 is 17.9 Å². The highest BCUT2D eigenvalue weighted by atomic mass is 35.5. The van der Waals surface area contributed by atoms with E-state index in [0.29, 0.717) is 10.8 Å². The van der Waals surface area contributed by atoms with Crippen molar-refractivity contribution in [3.63, 3.8) is 0 Å². The summed E-state index contributed by atoms with van der Waals surface area (Å²) in [4.78, 5) is 1.41. The third kappa shape index (κ3) is 3.68. The summed E-state index contributed by atoms with van der Waals surface area (Å²) in [6.45, 7) is 1.53. The quantitative estimate of drug-likeness (QED) is 0.731. The van der Waals surface area contributed by atoms with Crippen molar-refractivity contribution in [2.24, 2.45) is 0 Å². The van der Waals surface area contributed by atoms with Crippen LogP contribution in [-0.2, 0) is 6.54 Å². The molecule has 3 rings (SSSR count). The Bertz CT molecular complexity index is 702. The number of fused-ring (bicyclic) bond motifs is 1. The van der Waals surface area contributed by atoms with E-state index in [9.17, 15) is 13.2 Å². The summed E-state index contributed by atoms with van der Waals surface area (Å²) in [5.74, 6) is 0.620. The Labute approximate surface area is 143 Å². The van der Waals surface area contributed by atoms with Crippen LogP contribution in [0, 0.1) is 0 Å². The van der Waals surface area contributed by atoms with Gasteiger partial charge >= 0.3 is 6.18 Å². The van der Waals surface area contributed by atoms with Crippen LogP contribution in [0.15, 0.2) is 48.5 Å². The number of rotatable bonds is 2. The van der Waals surface area contributed by atoms with Crippen molar-refractivity contribution in [1.29, 1.82) is 0 Å². The van der Waals surface area contributed by atoms with Gasteiger partial charge in [-0.1, -0.05) is 41.9 Å². The van der Waals surface area contributed by atoms with Crippen LogP contribution in [0.3, 0.4) is 0 Å². The molecule has 0 aliphatic carbocycles. The smallest absolute Gasteiger partial charge is 0.403 e. The number of ether oxygens (including phenoxy) is 1. The summed E-state index contributed by atoms with van der Waals surface area (Å²) >= 11 is 5.90. The van der Waals surface area contributed by atoms with E-state index in [4.69, 9.17) is 16.3 Å². The zero-order valence-electron chi connectivity index (χ0n) is 13.1. The standard InChI is InChI=1S/C18H17ClF3NO/c1-12(18(20,21)22)23-10-14-4-2-3-5-16(14)24-17(11-23)13-6-8-15(19)9-7-13/h2-9,12,17H,10-11H2,1H3. The lowest BCUT2D eigenvalue weighted by molar-refractivity contribution is -0.182. The molecule has 2 unspecified atom stereocenters. The molecule has 0 radical (unpaired) electrons. The van der Waals surface area contributed by atoms with Crippen molar-refractivity contribution in [1.82, 2.24) is 4.90 Å². The Kier molecular flexibility index (Phi) is 4.74. The predicted octanol–water partition coefficient (Wildman–Crippen LogP) is 5.23. The Morgan fingerprint density at radius 1 is 1.12 bits per heavy atom. The van der Waals surface area contributed by atoms with Crippen molar-refractivity contribution in [2.45, 2.75) is 31.8 Å². The first-order chi connectivity index (χ1) is 11.3. The molecule has 0 spiro atoms. The summed E-state index contributed by atoms with van der Waals surface area (Å²) < 4.78 is 45.7. The second kappa shape index (κ2) is 6.65. The molecule has 0 aromatic heterocycles. The van der Waals surface area contributed by atoms with Gasteiger partial charge in [0, 0.05) is 23.7 Å². The molecule has 2 atom stereocenters. The van der Waals surface area contributed by atoms with Gasteiger partial charge in [-0.15, -0.1) is 0 Å². The van der Waals surface area contributed by atoms with E-state index < -0.39 is 18.3 Å². The summed E-state index contributed by atoms with van der Waals surface area (Å²) in [7, 11) is 0. The maximum absolute atomic E-state index is 13.2. The molecule has 1 aliphatic heterocycles. The van der Waals surface area contributed by atoms with Crippen molar-refractivity contribution in [3.8, 4) is 5.75 Å².